The molecule has 0 aliphatic carbocycles. The molecule has 0 aromatic carbocycles. The topological polar surface area (TPSA) is 12.0 Å². The van der Waals surface area contributed by atoms with Crippen molar-refractivity contribution in [1.82, 2.24) is 5.32 Å². The first-order chi connectivity index (χ1) is 13.1. The van der Waals surface area contributed by atoms with E-state index in [9.17, 15) is 0 Å². The van der Waals surface area contributed by atoms with Gasteiger partial charge in [0.2, 0.25) is 0 Å². The van der Waals surface area contributed by atoms with Crippen LogP contribution in [0.1, 0.15) is 116 Å². The summed E-state index contributed by atoms with van der Waals surface area (Å²) in [6.45, 7) is 2.50. The average molecular weight is 397 g/mol. The zero-order chi connectivity index (χ0) is 20.1. The molecule has 0 fully saturated rings. The van der Waals surface area contributed by atoms with Crippen LogP contribution in [0.25, 0.3) is 0 Å². The van der Waals surface area contributed by atoms with Gasteiger partial charge in [-0.1, -0.05) is 96.3 Å². The van der Waals surface area contributed by atoms with Crippen LogP contribution < -0.4 is 5.32 Å². The molecule has 0 heterocycles. The van der Waals surface area contributed by atoms with Crippen molar-refractivity contribution in [3.8, 4) is 0 Å². The molecule has 0 saturated heterocycles. The van der Waals surface area contributed by atoms with Gasteiger partial charge in [0.25, 0.3) is 0 Å². The van der Waals surface area contributed by atoms with Crippen molar-refractivity contribution in [2.24, 2.45) is 0 Å². The molecular weight excluding hydrogens is 344 g/mol. The van der Waals surface area contributed by atoms with Crippen LogP contribution in [0.15, 0.2) is 0 Å². The van der Waals surface area contributed by atoms with Crippen molar-refractivity contribution in [1.29, 1.82) is 0 Å². The molecule has 0 aliphatic rings. The highest BCUT2D eigenvalue weighted by Crippen LogP contribution is 2.14. The van der Waals surface area contributed by atoms with E-state index < -0.39 is 0 Å². The van der Waals surface area contributed by atoms with Crippen molar-refractivity contribution < 1.29 is 4.48 Å². The molecule has 0 aliphatic heterocycles. The highest BCUT2D eigenvalue weighted by molar-refractivity contribution is 6.08. The molecule has 27 heavy (non-hydrogen) atoms. The second-order valence-corrected chi connectivity index (χ2v) is 9.91. The van der Waals surface area contributed by atoms with Gasteiger partial charge in [-0.25, -0.2) is 0 Å². The van der Waals surface area contributed by atoms with Crippen LogP contribution in [0, 0.1) is 0 Å². The SMILES string of the molecule is C[N+](C)(C)CCCCCCCCCCCCCCCCCCCCNC[Si]. The van der Waals surface area contributed by atoms with Gasteiger partial charge in [-0.15, -0.1) is 0 Å². The number of hydrogen-bond acceptors (Lipinski definition) is 1. The molecule has 0 saturated carbocycles. The zero-order valence-electron chi connectivity index (χ0n) is 19.3. The van der Waals surface area contributed by atoms with Gasteiger partial charge < -0.3 is 9.80 Å². The summed E-state index contributed by atoms with van der Waals surface area (Å²) < 4.78 is 1.12. The Morgan fingerprint density at radius 1 is 0.481 bits per heavy atom. The van der Waals surface area contributed by atoms with Gasteiger partial charge in [0.1, 0.15) is 0 Å². The number of hydrogen-bond donors (Lipinski definition) is 1. The van der Waals surface area contributed by atoms with Crippen molar-refractivity contribution in [2.45, 2.75) is 116 Å². The minimum Gasteiger partial charge on any atom is -0.331 e. The maximum Gasteiger partial charge on any atom is 0.0780 e. The van der Waals surface area contributed by atoms with E-state index in [1.807, 2.05) is 0 Å². The first kappa shape index (κ1) is 27.1. The fraction of sp³-hybridized carbons (Fsp3) is 1.00. The normalized spacial score (nSPS) is 12.0. The third kappa shape index (κ3) is 26.1. The minimum absolute atomic E-state index is 0.928. The Kier molecular flexibility index (Phi) is 21.0. The fourth-order valence-electron chi connectivity index (χ4n) is 3.75. The van der Waals surface area contributed by atoms with Gasteiger partial charge in [0.05, 0.1) is 27.7 Å². The lowest BCUT2D eigenvalue weighted by molar-refractivity contribution is -0.870. The second-order valence-electron chi connectivity index (χ2n) is 9.55. The van der Waals surface area contributed by atoms with E-state index in [0.29, 0.717) is 0 Å². The summed E-state index contributed by atoms with van der Waals surface area (Å²) in [5.74, 6) is 0. The van der Waals surface area contributed by atoms with Crippen LogP contribution >= 0.6 is 0 Å². The Hall–Kier alpha value is 0.137. The monoisotopic (exact) mass is 396 g/mol. The third-order valence-corrected chi connectivity index (χ3v) is 5.81. The number of nitrogens with zero attached hydrogens (tertiary/aromatic N) is 1. The van der Waals surface area contributed by atoms with Gasteiger partial charge in [0.15, 0.2) is 0 Å². The van der Waals surface area contributed by atoms with Crippen LogP contribution in [-0.2, 0) is 0 Å². The summed E-state index contributed by atoms with van der Waals surface area (Å²) in [5, 5.41) is 3.32. The molecule has 2 nitrogen and oxygen atoms in total. The van der Waals surface area contributed by atoms with Crippen LogP contribution in [0.2, 0.25) is 0 Å². The minimum atomic E-state index is 0.928. The van der Waals surface area contributed by atoms with Gasteiger partial charge >= 0.3 is 0 Å². The predicted molar refractivity (Wildman–Crippen MR) is 125 cm³/mol. The van der Waals surface area contributed by atoms with Crippen molar-refractivity contribution in [2.75, 3.05) is 40.4 Å². The van der Waals surface area contributed by atoms with E-state index in [4.69, 9.17) is 0 Å². The molecule has 0 bridgehead atoms. The van der Waals surface area contributed by atoms with E-state index in [0.717, 1.165) is 10.7 Å². The lowest BCUT2D eigenvalue weighted by Crippen LogP contribution is -2.35. The smallest absolute Gasteiger partial charge is 0.0780 e. The summed E-state index contributed by atoms with van der Waals surface area (Å²) in [6.07, 6.45) is 27.0. The average Bonchev–Trinajstić information content (AvgIpc) is 2.62. The maximum atomic E-state index is 3.44. The van der Waals surface area contributed by atoms with E-state index >= 15 is 0 Å². The lowest BCUT2D eigenvalue weighted by Gasteiger charge is -2.23. The molecular formula is C24H52N2Si+. The molecule has 3 radical (unpaired) electrons. The van der Waals surface area contributed by atoms with Crippen LogP contribution in [0.4, 0.5) is 0 Å². The summed E-state index contributed by atoms with van der Waals surface area (Å²) in [5.41, 5.74) is 0. The van der Waals surface area contributed by atoms with Crippen molar-refractivity contribution in [3.05, 3.63) is 0 Å². The Bertz CT molecular complexity index is 276. The molecule has 0 rings (SSSR count). The third-order valence-electron chi connectivity index (χ3n) is 5.56. The summed E-state index contributed by atoms with van der Waals surface area (Å²) in [7, 11) is 10.3. The van der Waals surface area contributed by atoms with Gasteiger partial charge in [-0.3, -0.25) is 0 Å². The summed E-state index contributed by atoms with van der Waals surface area (Å²) in [6, 6.07) is 0. The van der Waals surface area contributed by atoms with Gasteiger partial charge in [-0.2, -0.15) is 0 Å². The molecule has 0 aromatic rings. The largest absolute Gasteiger partial charge is 0.331 e. The molecule has 1 N–H and O–H groups in total. The molecule has 0 spiro atoms. The summed E-state index contributed by atoms with van der Waals surface area (Å²) in [4.78, 5) is 0. The van der Waals surface area contributed by atoms with E-state index in [2.05, 4.69) is 36.7 Å². The van der Waals surface area contributed by atoms with Crippen LogP contribution in [-0.4, -0.2) is 55.1 Å². The Morgan fingerprint density at radius 2 is 0.778 bits per heavy atom. The van der Waals surface area contributed by atoms with E-state index in [-0.39, 0.29) is 0 Å². The standard InChI is InChI=1S/C24H52N2Si/c1-26(2,3)23-21-19-17-15-13-11-9-7-5-4-6-8-10-12-14-16-18-20-22-25-24-27/h25H,4-24H2,1-3H3/q+1. The van der Waals surface area contributed by atoms with E-state index in [1.165, 1.54) is 129 Å². The summed E-state index contributed by atoms with van der Waals surface area (Å²) >= 11 is 0. The van der Waals surface area contributed by atoms with Crippen molar-refractivity contribution in [3.63, 3.8) is 0 Å². The van der Waals surface area contributed by atoms with Crippen LogP contribution in [0.5, 0.6) is 0 Å². The number of quaternary nitrogens is 1. The lowest BCUT2D eigenvalue weighted by atomic mass is 10.0. The molecule has 0 aromatic heterocycles. The molecule has 0 unspecified atom stereocenters. The Morgan fingerprint density at radius 3 is 1.07 bits per heavy atom. The molecule has 0 amide bonds. The highest BCUT2D eigenvalue weighted by Gasteiger charge is 2.04. The molecule has 0 atom stereocenters. The highest BCUT2D eigenvalue weighted by atomic mass is 28.1. The van der Waals surface area contributed by atoms with Gasteiger partial charge in [0, 0.05) is 10.2 Å². The second kappa shape index (κ2) is 20.9. The number of rotatable bonds is 22. The van der Waals surface area contributed by atoms with E-state index in [1.54, 1.807) is 0 Å². The van der Waals surface area contributed by atoms with Crippen molar-refractivity contribution >= 4 is 10.2 Å². The molecule has 161 valence electrons. The number of nitrogens with one attached hydrogen (secondary N) is 1. The number of unbranched alkanes of at least 4 members (excludes halogenated alkanes) is 17. The molecule has 3 heteroatoms. The van der Waals surface area contributed by atoms with Gasteiger partial charge in [-0.05, 0) is 32.0 Å². The zero-order valence-corrected chi connectivity index (χ0v) is 20.3. The first-order valence-electron chi connectivity index (χ1n) is 12.2. The quantitative estimate of drug-likeness (QED) is 0.126. The predicted octanol–water partition coefficient (Wildman–Crippen LogP) is 6.43. The Labute approximate surface area is 176 Å². The maximum absolute atomic E-state index is 3.44. The Balaban J connectivity index is 3.01. The fourth-order valence-corrected chi connectivity index (χ4v) is 3.93. The van der Waals surface area contributed by atoms with Crippen LogP contribution in [0.3, 0.4) is 0 Å². The first-order valence-corrected chi connectivity index (χ1v) is 12.9.